The Labute approximate surface area is 140 Å². The predicted molar refractivity (Wildman–Crippen MR) is 88.7 cm³/mol. The van der Waals surface area contributed by atoms with Crippen molar-refractivity contribution in [2.24, 2.45) is 5.41 Å². The highest BCUT2D eigenvalue weighted by molar-refractivity contribution is 5.98. The molecule has 0 saturated carbocycles. The van der Waals surface area contributed by atoms with Gasteiger partial charge in [-0.3, -0.25) is 14.4 Å². The average Bonchev–Trinajstić information content (AvgIpc) is 2.46. The monoisotopic (exact) mass is 337 g/mol. The van der Waals surface area contributed by atoms with Crippen molar-refractivity contribution < 1.29 is 19.1 Å². The summed E-state index contributed by atoms with van der Waals surface area (Å²) in [4.78, 5) is 49.5. The van der Waals surface area contributed by atoms with Gasteiger partial charge in [-0.1, -0.05) is 20.8 Å². The molecule has 0 aliphatic heterocycles. The molecule has 3 N–H and O–H groups in total. The highest BCUT2D eigenvalue weighted by Crippen LogP contribution is 2.18. The molecule has 2 amide bonds. The van der Waals surface area contributed by atoms with Crippen molar-refractivity contribution in [2.45, 2.75) is 40.2 Å². The molecular formula is C16H23N3O5. The molecule has 0 aliphatic carbocycles. The molecule has 0 bridgehead atoms. The summed E-state index contributed by atoms with van der Waals surface area (Å²) in [6, 6.07) is 0.382. The van der Waals surface area contributed by atoms with Gasteiger partial charge < -0.3 is 20.4 Å². The van der Waals surface area contributed by atoms with E-state index in [0.29, 0.717) is 0 Å². The summed E-state index contributed by atoms with van der Waals surface area (Å²) >= 11 is 0. The summed E-state index contributed by atoms with van der Waals surface area (Å²) in [5.74, 6) is -1.47. The fourth-order valence-electron chi connectivity index (χ4n) is 1.89. The van der Waals surface area contributed by atoms with Crippen LogP contribution in [-0.2, 0) is 14.3 Å². The zero-order valence-electron chi connectivity index (χ0n) is 14.5. The smallest absolute Gasteiger partial charge is 0.339 e. The van der Waals surface area contributed by atoms with Crippen molar-refractivity contribution in [1.82, 2.24) is 10.3 Å². The Bertz CT molecular complexity index is 688. The number of hydrogen-bond donors (Lipinski definition) is 3. The van der Waals surface area contributed by atoms with Crippen molar-refractivity contribution in [2.75, 3.05) is 12.4 Å². The molecule has 8 nitrogen and oxygen atoms in total. The van der Waals surface area contributed by atoms with E-state index in [1.165, 1.54) is 26.3 Å². The summed E-state index contributed by atoms with van der Waals surface area (Å²) in [5.41, 5.74) is -0.771. The number of amides is 2. The minimum atomic E-state index is -0.832. The Hall–Kier alpha value is -2.64. The van der Waals surface area contributed by atoms with Crippen LogP contribution >= 0.6 is 0 Å². The fourth-order valence-corrected chi connectivity index (χ4v) is 1.89. The number of aromatic amines is 1. The van der Waals surface area contributed by atoms with Crippen molar-refractivity contribution >= 4 is 23.5 Å². The Morgan fingerprint density at radius 1 is 1.29 bits per heavy atom. The Kier molecular flexibility index (Phi) is 6.27. The maximum absolute atomic E-state index is 12.1. The van der Waals surface area contributed by atoms with E-state index >= 15 is 0 Å². The minimum absolute atomic E-state index is 0.0943. The maximum atomic E-state index is 12.1. The normalized spacial score (nSPS) is 12.2. The zero-order chi connectivity index (χ0) is 18.5. The number of rotatable bonds is 5. The van der Waals surface area contributed by atoms with Crippen LogP contribution in [0.2, 0.25) is 0 Å². The lowest BCUT2D eigenvalue weighted by Crippen LogP contribution is -2.43. The van der Waals surface area contributed by atoms with Gasteiger partial charge in [-0.2, -0.15) is 0 Å². The number of aromatic nitrogens is 1. The van der Waals surface area contributed by atoms with Gasteiger partial charge in [-0.25, -0.2) is 4.79 Å². The zero-order valence-corrected chi connectivity index (χ0v) is 14.5. The highest BCUT2D eigenvalue weighted by Gasteiger charge is 2.21. The molecule has 0 aromatic carbocycles. The van der Waals surface area contributed by atoms with E-state index in [-0.39, 0.29) is 29.0 Å². The number of nitrogens with one attached hydrogen (secondary N) is 3. The van der Waals surface area contributed by atoms with Gasteiger partial charge in [0.05, 0.1) is 12.7 Å². The molecule has 1 aromatic heterocycles. The van der Waals surface area contributed by atoms with Gasteiger partial charge in [-0.15, -0.1) is 0 Å². The van der Waals surface area contributed by atoms with Gasteiger partial charge in [-0.05, 0) is 18.4 Å². The van der Waals surface area contributed by atoms with Crippen LogP contribution in [0.4, 0.5) is 5.69 Å². The van der Waals surface area contributed by atoms with E-state index in [1.807, 2.05) is 20.8 Å². The number of pyridine rings is 1. The second-order valence-electron chi connectivity index (χ2n) is 6.64. The van der Waals surface area contributed by atoms with Crippen LogP contribution < -0.4 is 16.2 Å². The van der Waals surface area contributed by atoms with E-state index in [9.17, 15) is 19.2 Å². The second-order valence-corrected chi connectivity index (χ2v) is 6.64. The largest absolute Gasteiger partial charge is 0.465 e. The molecular weight excluding hydrogens is 314 g/mol. The molecule has 24 heavy (non-hydrogen) atoms. The third-order valence-corrected chi connectivity index (χ3v) is 3.04. The Balaban J connectivity index is 2.78. The van der Waals surface area contributed by atoms with Crippen LogP contribution in [0.25, 0.3) is 0 Å². The molecule has 8 heteroatoms. The van der Waals surface area contributed by atoms with Crippen molar-refractivity contribution in [3.05, 3.63) is 28.2 Å². The molecule has 1 atom stereocenters. The standard InChI is InChI=1S/C16H23N3O5/c1-9(18-12(20)7-16(2,3)4)13(21)19-11-6-10(15(23)24-5)8-17-14(11)22/h6,8-9H,7H2,1-5H3,(H,17,22)(H,18,20)(H,19,21)/t9-/m1/s1. The highest BCUT2D eigenvalue weighted by atomic mass is 16.5. The molecule has 0 spiro atoms. The minimum Gasteiger partial charge on any atom is -0.465 e. The van der Waals surface area contributed by atoms with Gasteiger partial charge in [0.1, 0.15) is 11.7 Å². The maximum Gasteiger partial charge on any atom is 0.339 e. The first-order valence-electron chi connectivity index (χ1n) is 7.45. The number of hydrogen-bond acceptors (Lipinski definition) is 5. The number of anilines is 1. The van der Waals surface area contributed by atoms with Crippen LogP contribution in [0.3, 0.4) is 0 Å². The van der Waals surface area contributed by atoms with Crippen molar-refractivity contribution in [3.63, 3.8) is 0 Å². The summed E-state index contributed by atoms with van der Waals surface area (Å²) < 4.78 is 4.55. The molecule has 0 aliphatic rings. The van der Waals surface area contributed by atoms with Gasteiger partial charge >= 0.3 is 5.97 Å². The van der Waals surface area contributed by atoms with Crippen molar-refractivity contribution in [3.8, 4) is 0 Å². The first-order chi connectivity index (χ1) is 11.0. The topological polar surface area (TPSA) is 117 Å². The third-order valence-electron chi connectivity index (χ3n) is 3.04. The van der Waals surface area contributed by atoms with Crippen LogP contribution in [-0.4, -0.2) is 35.9 Å². The van der Waals surface area contributed by atoms with Crippen LogP contribution in [0.5, 0.6) is 0 Å². The summed E-state index contributed by atoms with van der Waals surface area (Å²) in [5, 5.41) is 4.96. The van der Waals surface area contributed by atoms with E-state index in [1.54, 1.807) is 0 Å². The predicted octanol–water partition coefficient (Wildman–Crippen LogP) is 1.04. The number of H-pyrrole nitrogens is 1. The van der Waals surface area contributed by atoms with Gasteiger partial charge in [0.15, 0.2) is 0 Å². The van der Waals surface area contributed by atoms with E-state index in [2.05, 4.69) is 20.4 Å². The van der Waals surface area contributed by atoms with Crippen LogP contribution in [0.1, 0.15) is 44.5 Å². The molecule has 0 radical (unpaired) electrons. The molecule has 0 saturated heterocycles. The first kappa shape index (κ1) is 19.4. The lowest BCUT2D eigenvalue weighted by molar-refractivity contribution is -0.127. The van der Waals surface area contributed by atoms with E-state index in [0.717, 1.165) is 0 Å². The molecule has 132 valence electrons. The second kappa shape index (κ2) is 7.76. The lowest BCUT2D eigenvalue weighted by atomic mass is 9.92. The fraction of sp³-hybridized carbons (Fsp3) is 0.500. The Morgan fingerprint density at radius 2 is 1.92 bits per heavy atom. The number of carbonyl (C=O) groups is 3. The van der Waals surface area contributed by atoms with Gasteiger partial charge in [0, 0.05) is 12.6 Å². The summed E-state index contributed by atoms with van der Waals surface area (Å²) in [6.07, 6.45) is 1.46. The molecule has 1 aromatic rings. The Morgan fingerprint density at radius 3 is 2.46 bits per heavy atom. The molecule has 1 rings (SSSR count). The van der Waals surface area contributed by atoms with Gasteiger partial charge in [0.2, 0.25) is 11.8 Å². The summed E-state index contributed by atoms with van der Waals surface area (Å²) in [7, 11) is 1.21. The van der Waals surface area contributed by atoms with Crippen LogP contribution in [0.15, 0.2) is 17.1 Å². The number of carbonyl (C=O) groups excluding carboxylic acids is 3. The first-order valence-corrected chi connectivity index (χ1v) is 7.45. The van der Waals surface area contributed by atoms with E-state index in [4.69, 9.17) is 0 Å². The quantitative estimate of drug-likeness (QED) is 0.694. The van der Waals surface area contributed by atoms with E-state index < -0.39 is 23.5 Å². The van der Waals surface area contributed by atoms with Crippen molar-refractivity contribution in [1.29, 1.82) is 0 Å². The average molecular weight is 337 g/mol. The van der Waals surface area contributed by atoms with Gasteiger partial charge in [0.25, 0.3) is 5.56 Å². The number of methoxy groups -OCH3 is 1. The molecule has 1 heterocycles. The summed E-state index contributed by atoms with van der Waals surface area (Å²) in [6.45, 7) is 7.24. The number of esters is 1. The van der Waals surface area contributed by atoms with Crippen LogP contribution in [0, 0.1) is 5.41 Å². The molecule has 0 unspecified atom stereocenters. The SMILES string of the molecule is COC(=O)c1c[nH]c(=O)c(NC(=O)[C@@H](C)NC(=O)CC(C)(C)C)c1. The lowest BCUT2D eigenvalue weighted by Gasteiger charge is -2.19. The number of ether oxygens (including phenoxy) is 1. The third kappa shape index (κ3) is 5.86. The molecule has 0 fully saturated rings.